The summed E-state index contributed by atoms with van der Waals surface area (Å²) in [5.41, 5.74) is 8.00. The van der Waals surface area contributed by atoms with Gasteiger partial charge in [0.1, 0.15) is 4.99 Å². The third-order valence-electron chi connectivity index (χ3n) is 3.85. The van der Waals surface area contributed by atoms with Crippen LogP contribution in [0.15, 0.2) is 24.3 Å². The average molecular weight is 248 g/mol. The molecule has 1 aromatic carbocycles. The summed E-state index contributed by atoms with van der Waals surface area (Å²) in [4.78, 5) is 2.94. The number of rotatable bonds is 2. The SMILES string of the molecule is CC1CCCN(c2ccccc2C(N)=S)C1C. The lowest BCUT2D eigenvalue weighted by atomic mass is 9.91. The summed E-state index contributed by atoms with van der Waals surface area (Å²) in [5.74, 6) is 0.725. The molecule has 17 heavy (non-hydrogen) atoms. The van der Waals surface area contributed by atoms with E-state index in [0.29, 0.717) is 11.0 Å². The Labute approximate surface area is 109 Å². The Bertz CT molecular complexity index is 416. The van der Waals surface area contributed by atoms with Crippen molar-refractivity contribution >= 4 is 22.9 Å². The Kier molecular flexibility index (Phi) is 3.67. The predicted molar refractivity (Wildman–Crippen MR) is 77.5 cm³/mol. The second-order valence-corrected chi connectivity index (χ2v) is 5.37. The number of para-hydroxylation sites is 1. The zero-order valence-electron chi connectivity index (χ0n) is 10.5. The maximum absolute atomic E-state index is 5.81. The topological polar surface area (TPSA) is 29.3 Å². The minimum atomic E-state index is 0.492. The zero-order valence-corrected chi connectivity index (χ0v) is 11.3. The van der Waals surface area contributed by atoms with E-state index in [1.54, 1.807) is 0 Å². The van der Waals surface area contributed by atoms with E-state index < -0.39 is 0 Å². The first kappa shape index (κ1) is 12.4. The lowest BCUT2D eigenvalue weighted by Gasteiger charge is -2.40. The van der Waals surface area contributed by atoms with Gasteiger partial charge >= 0.3 is 0 Å². The molecule has 1 fully saturated rings. The average Bonchev–Trinajstić information content (AvgIpc) is 2.33. The van der Waals surface area contributed by atoms with Gasteiger partial charge in [-0.05, 0) is 37.8 Å². The monoisotopic (exact) mass is 248 g/mol. The first-order valence-electron chi connectivity index (χ1n) is 6.26. The number of anilines is 1. The van der Waals surface area contributed by atoms with Crippen LogP contribution in [-0.2, 0) is 0 Å². The lowest BCUT2D eigenvalue weighted by molar-refractivity contribution is 0.363. The highest BCUT2D eigenvalue weighted by molar-refractivity contribution is 7.80. The van der Waals surface area contributed by atoms with Crippen LogP contribution in [0.5, 0.6) is 0 Å². The van der Waals surface area contributed by atoms with Gasteiger partial charge in [-0.1, -0.05) is 31.3 Å². The van der Waals surface area contributed by atoms with Crippen LogP contribution in [0.25, 0.3) is 0 Å². The van der Waals surface area contributed by atoms with E-state index in [1.807, 2.05) is 12.1 Å². The molecule has 2 atom stereocenters. The molecule has 0 aromatic heterocycles. The molecule has 1 heterocycles. The van der Waals surface area contributed by atoms with Crippen molar-refractivity contribution in [2.24, 2.45) is 11.7 Å². The van der Waals surface area contributed by atoms with E-state index in [2.05, 4.69) is 30.9 Å². The molecule has 1 aromatic rings. The third kappa shape index (κ3) is 2.44. The highest BCUT2D eigenvalue weighted by atomic mass is 32.1. The Hall–Kier alpha value is -1.09. The van der Waals surface area contributed by atoms with Gasteiger partial charge in [-0.2, -0.15) is 0 Å². The molecule has 0 saturated carbocycles. The zero-order chi connectivity index (χ0) is 12.4. The standard InChI is InChI=1S/C14H20N2S/c1-10-6-5-9-16(11(10)2)13-8-4-3-7-12(13)14(15)17/h3-4,7-8,10-11H,5-6,9H2,1-2H3,(H2,15,17). The van der Waals surface area contributed by atoms with E-state index in [9.17, 15) is 0 Å². The molecule has 0 amide bonds. The van der Waals surface area contributed by atoms with Crippen LogP contribution >= 0.6 is 12.2 Å². The number of benzene rings is 1. The molecule has 2 unspecified atom stereocenters. The van der Waals surface area contributed by atoms with E-state index in [4.69, 9.17) is 18.0 Å². The molecule has 2 N–H and O–H groups in total. The van der Waals surface area contributed by atoms with E-state index in [-0.39, 0.29) is 0 Å². The second kappa shape index (κ2) is 5.05. The molecule has 1 aliphatic heterocycles. The molecule has 3 heteroatoms. The van der Waals surface area contributed by atoms with Crippen LogP contribution in [0.4, 0.5) is 5.69 Å². The number of hydrogen-bond donors (Lipinski definition) is 1. The van der Waals surface area contributed by atoms with Crippen molar-refractivity contribution in [3.63, 3.8) is 0 Å². The maximum atomic E-state index is 5.81. The summed E-state index contributed by atoms with van der Waals surface area (Å²) >= 11 is 5.14. The van der Waals surface area contributed by atoms with Gasteiger partial charge in [-0.25, -0.2) is 0 Å². The lowest BCUT2D eigenvalue weighted by Crippen LogP contribution is -2.43. The van der Waals surface area contributed by atoms with Gasteiger partial charge in [-0.15, -0.1) is 0 Å². The summed E-state index contributed by atoms with van der Waals surface area (Å²) in [5, 5.41) is 0. The van der Waals surface area contributed by atoms with Crippen molar-refractivity contribution in [1.82, 2.24) is 0 Å². The number of hydrogen-bond acceptors (Lipinski definition) is 2. The van der Waals surface area contributed by atoms with E-state index in [0.717, 1.165) is 18.0 Å². The van der Waals surface area contributed by atoms with E-state index >= 15 is 0 Å². The Morgan fingerprint density at radius 2 is 2.06 bits per heavy atom. The van der Waals surface area contributed by atoms with Crippen molar-refractivity contribution in [2.75, 3.05) is 11.4 Å². The molecular weight excluding hydrogens is 228 g/mol. The molecular formula is C14H20N2S. The normalized spacial score (nSPS) is 24.7. The fourth-order valence-electron chi connectivity index (χ4n) is 2.61. The minimum absolute atomic E-state index is 0.492. The van der Waals surface area contributed by atoms with Gasteiger partial charge in [0, 0.05) is 23.8 Å². The third-order valence-corrected chi connectivity index (χ3v) is 4.07. The second-order valence-electron chi connectivity index (χ2n) is 4.93. The fourth-order valence-corrected chi connectivity index (χ4v) is 2.78. The van der Waals surface area contributed by atoms with Crippen molar-refractivity contribution in [2.45, 2.75) is 32.7 Å². The number of nitrogens with zero attached hydrogens (tertiary/aromatic N) is 1. The molecule has 0 aliphatic carbocycles. The number of thiocarbonyl (C=S) groups is 1. The molecule has 0 bridgehead atoms. The molecule has 2 nitrogen and oxygen atoms in total. The Balaban J connectivity index is 2.36. The molecule has 0 spiro atoms. The smallest absolute Gasteiger partial charge is 0.106 e. The van der Waals surface area contributed by atoms with Crippen LogP contribution in [-0.4, -0.2) is 17.6 Å². The van der Waals surface area contributed by atoms with Gasteiger partial charge in [0.25, 0.3) is 0 Å². The molecule has 92 valence electrons. The summed E-state index contributed by atoms with van der Waals surface area (Å²) in [6.07, 6.45) is 2.56. The van der Waals surface area contributed by atoms with Crippen molar-refractivity contribution in [3.8, 4) is 0 Å². The Morgan fingerprint density at radius 3 is 2.76 bits per heavy atom. The summed E-state index contributed by atoms with van der Waals surface area (Å²) in [6.45, 7) is 5.71. The van der Waals surface area contributed by atoms with Gasteiger partial charge in [-0.3, -0.25) is 0 Å². The first-order chi connectivity index (χ1) is 8.11. The quantitative estimate of drug-likeness (QED) is 0.816. The van der Waals surface area contributed by atoms with Crippen LogP contribution < -0.4 is 10.6 Å². The van der Waals surface area contributed by atoms with Crippen LogP contribution in [0.1, 0.15) is 32.3 Å². The highest BCUT2D eigenvalue weighted by Gasteiger charge is 2.26. The Morgan fingerprint density at radius 1 is 1.35 bits per heavy atom. The van der Waals surface area contributed by atoms with Crippen molar-refractivity contribution in [3.05, 3.63) is 29.8 Å². The minimum Gasteiger partial charge on any atom is -0.389 e. The van der Waals surface area contributed by atoms with Gasteiger partial charge in [0.2, 0.25) is 0 Å². The van der Waals surface area contributed by atoms with Gasteiger partial charge in [0.05, 0.1) is 0 Å². The number of nitrogens with two attached hydrogens (primary N) is 1. The highest BCUT2D eigenvalue weighted by Crippen LogP contribution is 2.30. The predicted octanol–water partition coefficient (Wildman–Crippen LogP) is 2.95. The summed E-state index contributed by atoms with van der Waals surface area (Å²) < 4.78 is 0. The van der Waals surface area contributed by atoms with Gasteiger partial charge < -0.3 is 10.6 Å². The molecule has 0 radical (unpaired) electrons. The van der Waals surface area contributed by atoms with Crippen molar-refractivity contribution < 1.29 is 0 Å². The first-order valence-corrected chi connectivity index (χ1v) is 6.67. The van der Waals surface area contributed by atoms with Crippen LogP contribution in [0, 0.1) is 5.92 Å². The van der Waals surface area contributed by atoms with E-state index in [1.165, 1.54) is 18.5 Å². The summed E-state index contributed by atoms with van der Waals surface area (Å²) in [6, 6.07) is 8.76. The molecule has 1 aliphatic rings. The maximum Gasteiger partial charge on any atom is 0.106 e. The van der Waals surface area contributed by atoms with Crippen LogP contribution in [0.2, 0.25) is 0 Å². The largest absolute Gasteiger partial charge is 0.389 e. The van der Waals surface area contributed by atoms with Crippen LogP contribution in [0.3, 0.4) is 0 Å². The van der Waals surface area contributed by atoms with Gasteiger partial charge in [0.15, 0.2) is 0 Å². The number of piperidine rings is 1. The molecule has 1 saturated heterocycles. The summed E-state index contributed by atoms with van der Waals surface area (Å²) in [7, 11) is 0. The van der Waals surface area contributed by atoms with Crippen molar-refractivity contribution in [1.29, 1.82) is 0 Å². The fraction of sp³-hybridized carbons (Fsp3) is 0.500. The molecule has 2 rings (SSSR count).